The second-order valence-corrected chi connectivity index (χ2v) is 3.55. The van der Waals surface area contributed by atoms with Gasteiger partial charge < -0.3 is 10.1 Å². The summed E-state index contributed by atoms with van der Waals surface area (Å²) in [5.74, 6) is 0. The molecule has 1 rings (SSSR count). The summed E-state index contributed by atoms with van der Waals surface area (Å²) in [4.78, 5) is 3.92. The van der Waals surface area contributed by atoms with Crippen molar-refractivity contribution < 1.29 is 4.74 Å². The van der Waals surface area contributed by atoms with Crippen LogP contribution < -0.4 is 5.32 Å². The van der Waals surface area contributed by atoms with Gasteiger partial charge in [0.15, 0.2) is 0 Å². The smallest absolute Gasteiger partial charge is 0.137 e. The van der Waals surface area contributed by atoms with E-state index < -0.39 is 0 Å². The average molecular weight is 198 g/mol. The number of ether oxygens (including phenoxy) is 1. The Morgan fingerprint density at radius 3 is 2.79 bits per heavy atom. The standard InChI is InChI=1S/C9H18N4O/c1-8(2)11-4-9(5-14-3)13-7-10-6-12-13/h6-9,11H,4-5H2,1-3H3. The van der Waals surface area contributed by atoms with Crippen LogP contribution in [-0.2, 0) is 4.74 Å². The molecule has 80 valence electrons. The van der Waals surface area contributed by atoms with Crippen molar-refractivity contribution in [2.45, 2.75) is 25.9 Å². The normalized spacial score (nSPS) is 13.4. The van der Waals surface area contributed by atoms with Gasteiger partial charge in [0.2, 0.25) is 0 Å². The van der Waals surface area contributed by atoms with E-state index in [-0.39, 0.29) is 6.04 Å². The van der Waals surface area contributed by atoms with Gasteiger partial charge >= 0.3 is 0 Å². The predicted molar refractivity (Wildman–Crippen MR) is 54.1 cm³/mol. The molecule has 0 fully saturated rings. The maximum Gasteiger partial charge on any atom is 0.137 e. The van der Waals surface area contributed by atoms with Crippen LogP contribution in [0.3, 0.4) is 0 Å². The van der Waals surface area contributed by atoms with Gasteiger partial charge in [0.25, 0.3) is 0 Å². The summed E-state index contributed by atoms with van der Waals surface area (Å²) in [6.45, 7) is 5.72. The number of hydrogen-bond acceptors (Lipinski definition) is 4. The monoisotopic (exact) mass is 198 g/mol. The van der Waals surface area contributed by atoms with E-state index in [4.69, 9.17) is 4.74 Å². The van der Waals surface area contributed by atoms with Crippen molar-refractivity contribution in [2.75, 3.05) is 20.3 Å². The molecule has 0 saturated carbocycles. The SMILES string of the molecule is COCC(CNC(C)C)n1cncn1. The molecular formula is C9H18N4O. The Balaban J connectivity index is 2.47. The van der Waals surface area contributed by atoms with Crippen LogP contribution in [0.25, 0.3) is 0 Å². The molecule has 1 N–H and O–H groups in total. The molecule has 0 amide bonds. The zero-order chi connectivity index (χ0) is 10.4. The summed E-state index contributed by atoms with van der Waals surface area (Å²) in [7, 11) is 1.69. The minimum absolute atomic E-state index is 0.213. The number of methoxy groups -OCH3 is 1. The Bertz CT molecular complexity index is 235. The Labute approximate surface area is 84.5 Å². The van der Waals surface area contributed by atoms with Crippen molar-refractivity contribution in [3.05, 3.63) is 12.7 Å². The van der Waals surface area contributed by atoms with E-state index >= 15 is 0 Å². The van der Waals surface area contributed by atoms with Crippen LogP contribution in [0.15, 0.2) is 12.7 Å². The molecule has 0 aliphatic rings. The summed E-state index contributed by atoms with van der Waals surface area (Å²) < 4.78 is 6.95. The summed E-state index contributed by atoms with van der Waals surface area (Å²) in [5.41, 5.74) is 0. The lowest BCUT2D eigenvalue weighted by molar-refractivity contribution is 0.147. The van der Waals surface area contributed by atoms with E-state index in [0.29, 0.717) is 12.6 Å². The van der Waals surface area contributed by atoms with Crippen LogP contribution in [0.5, 0.6) is 0 Å². The first kappa shape index (κ1) is 11.1. The molecule has 0 aromatic carbocycles. The number of rotatable bonds is 6. The molecule has 0 saturated heterocycles. The fourth-order valence-corrected chi connectivity index (χ4v) is 1.20. The second-order valence-electron chi connectivity index (χ2n) is 3.55. The van der Waals surface area contributed by atoms with Crippen molar-refractivity contribution in [1.82, 2.24) is 20.1 Å². The van der Waals surface area contributed by atoms with E-state index in [1.165, 1.54) is 6.33 Å². The molecule has 5 nitrogen and oxygen atoms in total. The van der Waals surface area contributed by atoms with E-state index in [9.17, 15) is 0 Å². The maximum absolute atomic E-state index is 5.13. The molecule has 0 spiro atoms. The van der Waals surface area contributed by atoms with Crippen molar-refractivity contribution in [1.29, 1.82) is 0 Å². The summed E-state index contributed by atoms with van der Waals surface area (Å²) in [5, 5.41) is 7.45. The van der Waals surface area contributed by atoms with E-state index in [0.717, 1.165) is 6.54 Å². The maximum atomic E-state index is 5.13. The predicted octanol–water partition coefficient (Wildman–Crippen LogP) is 0.464. The molecule has 0 radical (unpaired) electrons. The molecule has 5 heteroatoms. The highest BCUT2D eigenvalue weighted by atomic mass is 16.5. The van der Waals surface area contributed by atoms with Crippen molar-refractivity contribution in [3.63, 3.8) is 0 Å². The van der Waals surface area contributed by atoms with Gasteiger partial charge in [-0.3, -0.25) is 0 Å². The van der Waals surface area contributed by atoms with E-state index in [2.05, 4.69) is 29.2 Å². The van der Waals surface area contributed by atoms with E-state index in [1.807, 2.05) is 4.68 Å². The average Bonchev–Trinajstić information content (AvgIpc) is 2.64. The number of hydrogen-bond donors (Lipinski definition) is 1. The van der Waals surface area contributed by atoms with Gasteiger partial charge in [0.05, 0.1) is 12.6 Å². The first-order chi connectivity index (χ1) is 6.74. The lowest BCUT2D eigenvalue weighted by Gasteiger charge is -2.18. The number of nitrogens with one attached hydrogen (secondary N) is 1. The molecule has 1 aromatic heterocycles. The quantitative estimate of drug-likeness (QED) is 0.721. The molecule has 1 unspecified atom stereocenters. The summed E-state index contributed by atoms with van der Waals surface area (Å²) >= 11 is 0. The largest absolute Gasteiger partial charge is 0.382 e. The molecule has 1 aromatic rings. The van der Waals surface area contributed by atoms with Gasteiger partial charge in [-0.15, -0.1) is 0 Å². The Hall–Kier alpha value is -0.940. The number of aromatic nitrogens is 3. The fourth-order valence-electron chi connectivity index (χ4n) is 1.20. The minimum Gasteiger partial charge on any atom is -0.382 e. The zero-order valence-corrected chi connectivity index (χ0v) is 8.97. The third kappa shape index (κ3) is 3.43. The fraction of sp³-hybridized carbons (Fsp3) is 0.778. The van der Waals surface area contributed by atoms with Gasteiger partial charge in [0.1, 0.15) is 12.7 Å². The van der Waals surface area contributed by atoms with Crippen molar-refractivity contribution in [3.8, 4) is 0 Å². The molecule has 1 atom stereocenters. The molecule has 1 heterocycles. The van der Waals surface area contributed by atoms with Gasteiger partial charge in [-0.1, -0.05) is 13.8 Å². The summed E-state index contributed by atoms with van der Waals surface area (Å²) in [6, 6.07) is 0.683. The third-order valence-electron chi connectivity index (χ3n) is 1.93. The molecule has 0 bridgehead atoms. The third-order valence-corrected chi connectivity index (χ3v) is 1.93. The van der Waals surface area contributed by atoms with Crippen LogP contribution >= 0.6 is 0 Å². The molecular weight excluding hydrogens is 180 g/mol. The highest BCUT2D eigenvalue weighted by Crippen LogP contribution is 2.02. The summed E-state index contributed by atoms with van der Waals surface area (Å²) in [6.07, 6.45) is 3.25. The van der Waals surface area contributed by atoms with Gasteiger partial charge in [0, 0.05) is 19.7 Å². The zero-order valence-electron chi connectivity index (χ0n) is 8.97. The molecule has 0 aliphatic carbocycles. The topological polar surface area (TPSA) is 52.0 Å². The van der Waals surface area contributed by atoms with E-state index in [1.54, 1.807) is 13.4 Å². The van der Waals surface area contributed by atoms with Crippen LogP contribution in [0, 0.1) is 0 Å². The van der Waals surface area contributed by atoms with Crippen LogP contribution in [0.1, 0.15) is 19.9 Å². The Kier molecular flexibility index (Phi) is 4.55. The Morgan fingerprint density at radius 2 is 2.29 bits per heavy atom. The van der Waals surface area contributed by atoms with Crippen LogP contribution in [0.4, 0.5) is 0 Å². The lowest BCUT2D eigenvalue weighted by atomic mass is 10.3. The van der Waals surface area contributed by atoms with Gasteiger partial charge in [-0.2, -0.15) is 5.10 Å². The highest BCUT2D eigenvalue weighted by Gasteiger charge is 2.11. The Morgan fingerprint density at radius 1 is 1.50 bits per heavy atom. The molecule has 0 aliphatic heterocycles. The first-order valence-electron chi connectivity index (χ1n) is 4.80. The first-order valence-corrected chi connectivity index (χ1v) is 4.80. The highest BCUT2D eigenvalue weighted by molar-refractivity contribution is 4.71. The van der Waals surface area contributed by atoms with Crippen LogP contribution in [-0.4, -0.2) is 41.1 Å². The molecule has 14 heavy (non-hydrogen) atoms. The van der Waals surface area contributed by atoms with Crippen molar-refractivity contribution in [2.24, 2.45) is 0 Å². The van der Waals surface area contributed by atoms with Crippen molar-refractivity contribution >= 4 is 0 Å². The van der Waals surface area contributed by atoms with Gasteiger partial charge in [-0.05, 0) is 0 Å². The lowest BCUT2D eigenvalue weighted by Crippen LogP contribution is -2.32. The van der Waals surface area contributed by atoms with Crippen LogP contribution in [0.2, 0.25) is 0 Å². The minimum atomic E-state index is 0.213. The second kappa shape index (κ2) is 5.72. The van der Waals surface area contributed by atoms with Gasteiger partial charge in [-0.25, -0.2) is 9.67 Å². The number of nitrogens with zero attached hydrogens (tertiary/aromatic N) is 3.